The van der Waals surface area contributed by atoms with Crippen LogP contribution in [-0.2, 0) is 4.79 Å². The Kier molecular flexibility index (Phi) is 4.47. The fraction of sp³-hybridized carbons (Fsp3) is 0.333. The van der Waals surface area contributed by atoms with Crippen LogP contribution in [0, 0.1) is 6.92 Å². The van der Waals surface area contributed by atoms with Crippen molar-refractivity contribution in [2.45, 2.75) is 26.3 Å². The molecule has 2 aromatic rings. The highest BCUT2D eigenvalue weighted by Gasteiger charge is 2.18. The monoisotopic (exact) mass is 290 g/mol. The molecule has 6 nitrogen and oxygen atoms in total. The number of rotatable bonds is 5. The average molecular weight is 290 g/mol. The van der Waals surface area contributed by atoms with Crippen molar-refractivity contribution in [3.05, 3.63) is 35.6 Å². The minimum atomic E-state index is -0.948. The molecule has 0 saturated heterocycles. The summed E-state index contributed by atoms with van der Waals surface area (Å²) in [5, 5.41) is 14.8. The van der Waals surface area contributed by atoms with Crippen molar-refractivity contribution in [2.75, 3.05) is 6.54 Å². The molecule has 3 N–H and O–H groups in total. The van der Waals surface area contributed by atoms with Gasteiger partial charge in [-0.25, -0.2) is 4.79 Å². The number of amides is 2. The molecule has 1 aromatic carbocycles. The quantitative estimate of drug-likeness (QED) is 0.789. The summed E-state index contributed by atoms with van der Waals surface area (Å²) in [4.78, 5) is 22.1. The topological polar surface area (TPSA) is 91.6 Å². The molecule has 1 heterocycles. The number of carboxylic acids is 1. The van der Waals surface area contributed by atoms with Gasteiger partial charge in [-0.05, 0) is 19.9 Å². The Labute approximate surface area is 122 Å². The van der Waals surface area contributed by atoms with Gasteiger partial charge in [0.25, 0.3) is 0 Å². The van der Waals surface area contributed by atoms with Gasteiger partial charge in [-0.15, -0.1) is 0 Å². The van der Waals surface area contributed by atoms with Gasteiger partial charge in [-0.2, -0.15) is 0 Å². The van der Waals surface area contributed by atoms with Crippen LogP contribution in [0.25, 0.3) is 11.0 Å². The van der Waals surface area contributed by atoms with Crippen LogP contribution in [0.2, 0.25) is 0 Å². The van der Waals surface area contributed by atoms with E-state index in [0.717, 1.165) is 16.5 Å². The molecule has 0 saturated carbocycles. The summed E-state index contributed by atoms with van der Waals surface area (Å²) < 4.78 is 5.77. The summed E-state index contributed by atoms with van der Waals surface area (Å²) >= 11 is 0. The Bertz CT molecular complexity index is 663. The van der Waals surface area contributed by atoms with Gasteiger partial charge in [0.1, 0.15) is 11.3 Å². The molecular weight excluding hydrogens is 272 g/mol. The number of benzene rings is 1. The van der Waals surface area contributed by atoms with Crippen molar-refractivity contribution in [3.63, 3.8) is 0 Å². The number of fused-ring (bicyclic) bond motifs is 1. The molecule has 2 amide bonds. The zero-order chi connectivity index (χ0) is 15.4. The van der Waals surface area contributed by atoms with Gasteiger partial charge in [0, 0.05) is 17.5 Å². The predicted molar refractivity (Wildman–Crippen MR) is 78.2 cm³/mol. The highest BCUT2D eigenvalue weighted by molar-refractivity contribution is 5.82. The lowest BCUT2D eigenvalue weighted by Gasteiger charge is -2.13. The van der Waals surface area contributed by atoms with E-state index in [4.69, 9.17) is 9.52 Å². The van der Waals surface area contributed by atoms with Gasteiger partial charge < -0.3 is 20.2 Å². The summed E-state index contributed by atoms with van der Waals surface area (Å²) in [7, 11) is 0. The number of carboxylic acid groups (broad SMARTS) is 1. The number of aryl methyl sites for hydroxylation is 1. The predicted octanol–water partition coefficient (Wildman–Crippen LogP) is 2.58. The lowest BCUT2D eigenvalue weighted by Crippen LogP contribution is -2.38. The standard InChI is InChI=1S/C15H18N2O4/c1-9-11-5-3-4-6-12(11)21-14(9)10(2)17-15(20)16-8-7-13(18)19/h3-6,10H,7-8H2,1-2H3,(H,18,19)(H2,16,17,20)/t10-/m0/s1. The van der Waals surface area contributed by atoms with Gasteiger partial charge >= 0.3 is 12.0 Å². The molecule has 0 aliphatic heterocycles. The highest BCUT2D eigenvalue weighted by Crippen LogP contribution is 2.28. The van der Waals surface area contributed by atoms with Gasteiger partial charge in [-0.3, -0.25) is 4.79 Å². The number of furan rings is 1. The molecule has 0 bridgehead atoms. The molecule has 0 radical (unpaired) electrons. The number of carbonyl (C=O) groups excluding carboxylic acids is 1. The van der Waals surface area contributed by atoms with Crippen molar-refractivity contribution in [3.8, 4) is 0 Å². The fourth-order valence-corrected chi connectivity index (χ4v) is 2.20. The molecule has 0 unspecified atom stereocenters. The minimum absolute atomic E-state index is 0.0903. The molecule has 0 spiro atoms. The number of aliphatic carboxylic acids is 1. The Hall–Kier alpha value is -2.50. The summed E-state index contributed by atoms with van der Waals surface area (Å²) in [6.07, 6.45) is -0.106. The molecule has 112 valence electrons. The second-order valence-corrected chi connectivity index (χ2v) is 4.85. The minimum Gasteiger partial charge on any atom is -0.481 e. The van der Waals surface area contributed by atoms with Crippen LogP contribution in [0.3, 0.4) is 0 Å². The maximum atomic E-state index is 11.7. The van der Waals surface area contributed by atoms with Crippen molar-refractivity contribution < 1.29 is 19.1 Å². The van der Waals surface area contributed by atoms with Gasteiger partial charge in [-0.1, -0.05) is 18.2 Å². The van der Waals surface area contributed by atoms with Gasteiger partial charge in [0.2, 0.25) is 0 Å². The Morgan fingerprint density at radius 1 is 1.33 bits per heavy atom. The van der Waals surface area contributed by atoms with E-state index >= 15 is 0 Å². The summed E-state index contributed by atoms with van der Waals surface area (Å²) in [6.45, 7) is 3.86. The summed E-state index contributed by atoms with van der Waals surface area (Å²) in [5.74, 6) is -0.249. The Morgan fingerprint density at radius 2 is 2.05 bits per heavy atom. The van der Waals surface area contributed by atoms with Crippen LogP contribution in [-0.4, -0.2) is 23.7 Å². The van der Waals surface area contributed by atoms with Crippen LogP contribution in [0.4, 0.5) is 4.79 Å². The molecule has 1 aromatic heterocycles. The number of para-hydroxylation sites is 1. The highest BCUT2D eigenvalue weighted by atomic mass is 16.4. The van der Waals surface area contributed by atoms with E-state index in [2.05, 4.69) is 10.6 Å². The maximum absolute atomic E-state index is 11.7. The lowest BCUT2D eigenvalue weighted by atomic mass is 10.1. The molecule has 1 atom stereocenters. The average Bonchev–Trinajstić information content (AvgIpc) is 2.76. The van der Waals surface area contributed by atoms with Crippen LogP contribution < -0.4 is 10.6 Å². The van der Waals surface area contributed by atoms with E-state index in [1.165, 1.54) is 0 Å². The van der Waals surface area contributed by atoms with Crippen molar-refractivity contribution in [1.82, 2.24) is 10.6 Å². The number of carbonyl (C=O) groups is 2. The third kappa shape index (κ3) is 3.53. The lowest BCUT2D eigenvalue weighted by molar-refractivity contribution is -0.136. The first-order valence-corrected chi connectivity index (χ1v) is 6.73. The molecule has 6 heteroatoms. The van der Waals surface area contributed by atoms with Gasteiger partial charge in [0.05, 0.1) is 12.5 Å². The van der Waals surface area contributed by atoms with Crippen molar-refractivity contribution in [2.24, 2.45) is 0 Å². The second-order valence-electron chi connectivity index (χ2n) is 4.85. The van der Waals surface area contributed by atoms with E-state index in [9.17, 15) is 9.59 Å². The van der Waals surface area contributed by atoms with E-state index in [1.54, 1.807) is 0 Å². The zero-order valence-electron chi connectivity index (χ0n) is 12.0. The molecule has 0 aliphatic carbocycles. The SMILES string of the molecule is Cc1c([C@H](C)NC(=O)NCCC(=O)O)oc2ccccc12. The maximum Gasteiger partial charge on any atom is 0.315 e. The smallest absolute Gasteiger partial charge is 0.315 e. The second kappa shape index (κ2) is 6.30. The van der Waals surface area contributed by atoms with Crippen molar-refractivity contribution >= 4 is 23.0 Å². The first kappa shape index (κ1) is 14.9. The largest absolute Gasteiger partial charge is 0.481 e. The first-order valence-electron chi connectivity index (χ1n) is 6.73. The number of urea groups is 1. The summed E-state index contributed by atoms with van der Waals surface area (Å²) in [6, 6.07) is 6.96. The van der Waals surface area contributed by atoms with E-state index in [-0.39, 0.29) is 19.0 Å². The van der Waals surface area contributed by atoms with E-state index < -0.39 is 12.0 Å². The number of nitrogens with one attached hydrogen (secondary N) is 2. The first-order chi connectivity index (χ1) is 9.99. The molecule has 2 rings (SSSR count). The molecule has 21 heavy (non-hydrogen) atoms. The van der Waals surface area contributed by atoms with Crippen LogP contribution in [0.5, 0.6) is 0 Å². The molecule has 0 fully saturated rings. The van der Waals surface area contributed by atoms with E-state index in [1.807, 2.05) is 38.1 Å². The van der Waals surface area contributed by atoms with Crippen molar-refractivity contribution in [1.29, 1.82) is 0 Å². The Morgan fingerprint density at radius 3 is 2.71 bits per heavy atom. The van der Waals surface area contributed by atoms with Crippen LogP contribution in [0.15, 0.2) is 28.7 Å². The zero-order valence-corrected chi connectivity index (χ0v) is 12.0. The molecular formula is C15H18N2O4. The summed E-state index contributed by atoms with van der Waals surface area (Å²) in [5.41, 5.74) is 1.77. The normalized spacial score (nSPS) is 12.1. The van der Waals surface area contributed by atoms with Crippen LogP contribution in [0.1, 0.15) is 30.7 Å². The van der Waals surface area contributed by atoms with E-state index in [0.29, 0.717) is 5.76 Å². The third-order valence-electron chi connectivity index (χ3n) is 3.25. The van der Waals surface area contributed by atoms with Crippen LogP contribution >= 0.6 is 0 Å². The number of hydrogen-bond donors (Lipinski definition) is 3. The van der Waals surface area contributed by atoms with Gasteiger partial charge in [0.15, 0.2) is 0 Å². The Balaban J connectivity index is 2.01. The molecule has 0 aliphatic rings. The fourth-order valence-electron chi connectivity index (χ4n) is 2.20. The third-order valence-corrected chi connectivity index (χ3v) is 3.25. The number of hydrogen-bond acceptors (Lipinski definition) is 3.